The highest BCUT2D eigenvalue weighted by Gasteiger charge is 2.34. The zero-order valence-electron chi connectivity index (χ0n) is 9.70. The van der Waals surface area contributed by atoms with E-state index in [0.717, 1.165) is 0 Å². The molecule has 1 heterocycles. The van der Waals surface area contributed by atoms with E-state index in [9.17, 15) is 9.18 Å². The third-order valence-corrected chi connectivity index (χ3v) is 2.08. The summed E-state index contributed by atoms with van der Waals surface area (Å²) >= 11 is 0. The fourth-order valence-electron chi connectivity index (χ4n) is 1.22. The van der Waals surface area contributed by atoms with Gasteiger partial charge in [0.25, 0.3) is 5.91 Å². The highest BCUT2D eigenvalue weighted by molar-refractivity contribution is 5.95. The standard InChI is InChI=1S/C11H15FN3O/c1-4-5-6-13-11(16)9-7-14-15(8(2)3)10(9)12/h4-5,7-8H,6H2,1-3H3/p+1/b5-4+. The number of carbonyl (C=O) groups excluding carboxylic acids is 1. The number of allylic oxidation sites excluding steroid dienone is 1. The van der Waals surface area contributed by atoms with Gasteiger partial charge in [-0.25, -0.2) is 0 Å². The average Bonchev–Trinajstić information content (AvgIpc) is 2.60. The average molecular weight is 225 g/mol. The number of nitrogens with one attached hydrogen (secondary N) is 1. The van der Waals surface area contributed by atoms with Crippen LogP contribution in [0.3, 0.4) is 0 Å². The van der Waals surface area contributed by atoms with E-state index in [1.54, 1.807) is 19.9 Å². The lowest BCUT2D eigenvalue weighted by Gasteiger charge is -1.99. The lowest BCUT2D eigenvalue weighted by molar-refractivity contribution is -0.585. The van der Waals surface area contributed by atoms with E-state index < -0.39 is 11.9 Å². The van der Waals surface area contributed by atoms with Crippen molar-refractivity contribution < 1.29 is 13.9 Å². The van der Waals surface area contributed by atoms with Crippen LogP contribution in [0.25, 0.3) is 0 Å². The molecule has 1 aliphatic heterocycles. The van der Waals surface area contributed by atoms with Crippen LogP contribution in [0.15, 0.2) is 28.8 Å². The molecular formula is C11H16FN3O+. The van der Waals surface area contributed by atoms with Crippen LogP contribution in [0.4, 0.5) is 4.39 Å². The number of amides is 1. The van der Waals surface area contributed by atoms with E-state index in [2.05, 4.69) is 10.4 Å². The van der Waals surface area contributed by atoms with Crippen molar-refractivity contribution in [2.24, 2.45) is 5.11 Å². The number of rotatable bonds is 4. The van der Waals surface area contributed by atoms with Gasteiger partial charge in [-0.3, -0.25) is 4.79 Å². The Hall–Kier alpha value is -1.52. The molecule has 0 aliphatic carbocycles. The fraction of sp³-hybridized carbons (Fsp3) is 0.455. The quantitative estimate of drug-likeness (QED) is 0.443. The molecule has 0 unspecified atom stereocenters. The van der Waals surface area contributed by atoms with Crippen molar-refractivity contribution >= 4 is 5.91 Å². The molecule has 87 valence electrons. The fourth-order valence-corrected chi connectivity index (χ4v) is 1.22. The minimum absolute atomic E-state index is 0.0156. The van der Waals surface area contributed by atoms with E-state index in [0.29, 0.717) is 6.54 Å². The molecule has 16 heavy (non-hydrogen) atoms. The maximum atomic E-state index is 13.7. The number of hydrogen-bond acceptors (Lipinski definition) is 2. The van der Waals surface area contributed by atoms with E-state index in [-0.39, 0.29) is 11.6 Å². The maximum absolute atomic E-state index is 13.7. The highest BCUT2D eigenvalue weighted by Crippen LogP contribution is 2.21. The van der Waals surface area contributed by atoms with Crippen molar-refractivity contribution in [1.82, 2.24) is 5.32 Å². The van der Waals surface area contributed by atoms with Crippen LogP contribution in [-0.4, -0.2) is 23.2 Å². The summed E-state index contributed by atoms with van der Waals surface area (Å²) < 4.78 is 14.8. The number of nitrogens with zero attached hydrogens (tertiary/aromatic N) is 2. The van der Waals surface area contributed by atoms with Crippen LogP contribution in [0.2, 0.25) is 0 Å². The first-order valence-corrected chi connectivity index (χ1v) is 5.20. The summed E-state index contributed by atoms with van der Waals surface area (Å²) in [5.74, 6) is -1.03. The minimum Gasteiger partial charge on any atom is -0.348 e. The van der Waals surface area contributed by atoms with Crippen LogP contribution >= 0.6 is 0 Å². The van der Waals surface area contributed by atoms with E-state index >= 15 is 0 Å². The summed E-state index contributed by atoms with van der Waals surface area (Å²) in [6, 6.07) is -0.0999. The molecule has 4 nitrogen and oxygen atoms in total. The van der Waals surface area contributed by atoms with E-state index in [4.69, 9.17) is 0 Å². The predicted octanol–water partition coefficient (Wildman–Crippen LogP) is 1.91. The van der Waals surface area contributed by atoms with Crippen molar-refractivity contribution in [3.8, 4) is 0 Å². The molecular weight excluding hydrogens is 209 g/mol. The first-order valence-electron chi connectivity index (χ1n) is 5.20. The molecule has 0 aromatic rings. The third kappa shape index (κ3) is 2.74. The molecule has 0 spiro atoms. The normalized spacial score (nSPS) is 16.2. The predicted molar refractivity (Wildman–Crippen MR) is 58.1 cm³/mol. The first kappa shape index (κ1) is 12.5. The summed E-state index contributed by atoms with van der Waals surface area (Å²) in [6.07, 6.45) is 3.59. The molecule has 0 saturated heterocycles. The van der Waals surface area contributed by atoms with Crippen molar-refractivity contribution in [3.63, 3.8) is 0 Å². The van der Waals surface area contributed by atoms with Crippen molar-refractivity contribution in [2.75, 3.05) is 6.54 Å². The summed E-state index contributed by atoms with van der Waals surface area (Å²) in [6.45, 7) is 7.10. The van der Waals surface area contributed by atoms with Crippen LogP contribution < -0.4 is 5.32 Å². The van der Waals surface area contributed by atoms with Crippen LogP contribution in [0.1, 0.15) is 20.8 Å². The Morgan fingerprint density at radius 1 is 1.69 bits per heavy atom. The molecule has 1 amide bonds. The van der Waals surface area contributed by atoms with Crippen LogP contribution in [0, 0.1) is 6.54 Å². The van der Waals surface area contributed by atoms with Gasteiger partial charge in [-0.2, -0.15) is 0 Å². The van der Waals surface area contributed by atoms with Gasteiger partial charge in [0.15, 0.2) is 18.2 Å². The van der Waals surface area contributed by atoms with Crippen LogP contribution in [-0.2, 0) is 4.79 Å². The number of halogens is 1. The van der Waals surface area contributed by atoms with Gasteiger partial charge < -0.3 is 5.32 Å². The van der Waals surface area contributed by atoms with Gasteiger partial charge >= 0.3 is 5.95 Å². The lowest BCUT2D eigenvalue weighted by Crippen LogP contribution is -2.25. The van der Waals surface area contributed by atoms with E-state index in [1.807, 2.05) is 13.0 Å². The smallest absolute Gasteiger partial charge is 0.348 e. The second kappa shape index (κ2) is 5.53. The van der Waals surface area contributed by atoms with Crippen LogP contribution in [0.5, 0.6) is 0 Å². The largest absolute Gasteiger partial charge is 0.396 e. The molecule has 0 fully saturated rings. The van der Waals surface area contributed by atoms with Gasteiger partial charge in [0.1, 0.15) is 0 Å². The molecule has 0 aromatic heterocycles. The van der Waals surface area contributed by atoms with Gasteiger partial charge in [0.05, 0.1) is 0 Å². The SMILES string of the molecule is C/C=C/CNC(=O)C1=C(F)[N+](C(C)C)=N[CH]1. The summed E-state index contributed by atoms with van der Waals surface area (Å²) in [7, 11) is 0. The monoisotopic (exact) mass is 225 g/mol. The molecule has 0 saturated carbocycles. The Balaban J connectivity index is 2.66. The number of hydrogen-bond donors (Lipinski definition) is 1. The molecule has 1 rings (SSSR count). The third-order valence-electron chi connectivity index (χ3n) is 2.08. The lowest BCUT2D eigenvalue weighted by atomic mass is 10.2. The Bertz CT molecular complexity index is 369. The molecule has 5 heteroatoms. The van der Waals surface area contributed by atoms with Gasteiger partial charge in [0, 0.05) is 6.54 Å². The Morgan fingerprint density at radius 3 is 2.88 bits per heavy atom. The van der Waals surface area contributed by atoms with Crippen molar-refractivity contribution in [3.05, 3.63) is 30.2 Å². The van der Waals surface area contributed by atoms with Gasteiger partial charge in [0.2, 0.25) is 0 Å². The first-order chi connectivity index (χ1) is 7.57. The molecule has 0 bridgehead atoms. The molecule has 1 N–H and O–H groups in total. The molecule has 1 aliphatic rings. The van der Waals surface area contributed by atoms with Gasteiger partial charge in [-0.15, -0.1) is 4.39 Å². The van der Waals surface area contributed by atoms with Crippen molar-refractivity contribution in [2.45, 2.75) is 26.8 Å². The Morgan fingerprint density at radius 2 is 2.38 bits per heavy atom. The summed E-state index contributed by atoms with van der Waals surface area (Å²) in [5, 5.41) is 6.40. The second-order valence-corrected chi connectivity index (χ2v) is 3.67. The molecule has 0 atom stereocenters. The highest BCUT2D eigenvalue weighted by atomic mass is 19.1. The summed E-state index contributed by atoms with van der Waals surface area (Å²) in [4.78, 5) is 11.5. The zero-order valence-corrected chi connectivity index (χ0v) is 9.70. The molecule has 1 radical (unpaired) electrons. The topological polar surface area (TPSA) is 44.5 Å². The van der Waals surface area contributed by atoms with Crippen molar-refractivity contribution in [1.29, 1.82) is 0 Å². The maximum Gasteiger partial charge on any atom is 0.396 e. The zero-order chi connectivity index (χ0) is 12.1. The van der Waals surface area contributed by atoms with E-state index in [1.165, 1.54) is 11.2 Å². The Kier molecular flexibility index (Phi) is 4.34. The Labute approximate surface area is 94.5 Å². The van der Waals surface area contributed by atoms with Gasteiger partial charge in [-0.05, 0) is 25.9 Å². The summed E-state index contributed by atoms with van der Waals surface area (Å²) in [5.41, 5.74) is -0.0156. The number of carbonyl (C=O) groups is 1. The minimum atomic E-state index is -0.590. The molecule has 0 aromatic carbocycles. The van der Waals surface area contributed by atoms with Gasteiger partial charge in [-0.1, -0.05) is 16.8 Å². The number of azo groups is 2. The second-order valence-electron chi connectivity index (χ2n) is 3.67.